The molecule has 2 aromatic heterocycles. The van der Waals surface area contributed by atoms with Gasteiger partial charge in [-0.05, 0) is 30.5 Å². The zero-order valence-electron chi connectivity index (χ0n) is 14.0. The monoisotopic (exact) mass is 415 g/mol. The van der Waals surface area contributed by atoms with Gasteiger partial charge in [-0.2, -0.15) is 5.26 Å². The summed E-state index contributed by atoms with van der Waals surface area (Å²) in [5.41, 5.74) is 1.95. The molecule has 0 aliphatic carbocycles. The predicted octanol–water partition coefficient (Wildman–Crippen LogP) is 5.14. The topological polar surface area (TPSA) is 58.7 Å². The van der Waals surface area contributed by atoms with Gasteiger partial charge in [0.2, 0.25) is 0 Å². The molecule has 0 aliphatic heterocycles. The number of nitriles is 1. The first-order valence-corrected chi connectivity index (χ1v) is 9.96. The Labute approximate surface area is 158 Å². The summed E-state index contributed by atoms with van der Waals surface area (Å²) in [6.45, 7) is 2.62. The lowest BCUT2D eigenvalue weighted by molar-refractivity contribution is 0.585. The normalized spacial score (nSPS) is 10.9. The van der Waals surface area contributed by atoms with Gasteiger partial charge in [0.15, 0.2) is 0 Å². The molecular formula is C19H18BrN3OS. The van der Waals surface area contributed by atoms with Crippen molar-refractivity contribution in [3.63, 3.8) is 0 Å². The number of fused-ring (bicyclic) bond motifs is 1. The molecule has 128 valence electrons. The van der Waals surface area contributed by atoms with Crippen LogP contribution in [0.15, 0.2) is 38.9 Å². The fourth-order valence-electron chi connectivity index (χ4n) is 2.87. The summed E-state index contributed by atoms with van der Waals surface area (Å²) >= 11 is 4.96. The number of rotatable bonds is 6. The Hall–Kier alpha value is -1.97. The first-order valence-electron chi connectivity index (χ1n) is 8.29. The van der Waals surface area contributed by atoms with Gasteiger partial charge in [0.25, 0.3) is 5.56 Å². The van der Waals surface area contributed by atoms with Crippen LogP contribution < -0.4 is 5.56 Å². The van der Waals surface area contributed by atoms with E-state index in [9.17, 15) is 4.79 Å². The van der Waals surface area contributed by atoms with E-state index in [1.807, 2.05) is 29.6 Å². The van der Waals surface area contributed by atoms with Crippen LogP contribution in [0, 0.1) is 11.3 Å². The standard InChI is InChI=1S/C19H18BrN3OS/c1-2-5-16-22-18-17(19(24)23(16)11-4-3-10-21)15(12-25-18)13-6-8-14(20)9-7-13/h6-9,12H,2-5,11H2,1H3. The van der Waals surface area contributed by atoms with Crippen LogP contribution in [0.5, 0.6) is 0 Å². The second kappa shape index (κ2) is 7.94. The third-order valence-electron chi connectivity index (χ3n) is 4.07. The number of unbranched alkanes of at least 4 members (excludes halogenated alkanes) is 1. The quantitative estimate of drug-likeness (QED) is 0.523. The highest BCUT2D eigenvalue weighted by molar-refractivity contribution is 9.10. The van der Waals surface area contributed by atoms with E-state index in [-0.39, 0.29) is 5.56 Å². The van der Waals surface area contributed by atoms with Crippen LogP contribution in [-0.2, 0) is 13.0 Å². The number of benzene rings is 1. The minimum Gasteiger partial charge on any atom is -0.296 e. The number of halogens is 1. The van der Waals surface area contributed by atoms with Crippen molar-refractivity contribution in [2.24, 2.45) is 0 Å². The van der Waals surface area contributed by atoms with E-state index in [2.05, 4.69) is 28.9 Å². The Bertz CT molecular complexity index is 983. The molecule has 0 saturated heterocycles. The van der Waals surface area contributed by atoms with Gasteiger partial charge >= 0.3 is 0 Å². The highest BCUT2D eigenvalue weighted by Gasteiger charge is 2.16. The number of aryl methyl sites for hydroxylation is 1. The van der Waals surface area contributed by atoms with Gasteiger partial charge < -0.3 is 0 Å². The SMILES string of the molecule is CCCc1nc2scc(-c3ccc(Br)cc3)c2c(=O)n1CCCC#N. The van der Waals surface area contributed by atoms with Crippen molar-refractivity contribution >= 4 is 37.5 Å². The Morgan fingerprint density at radius 1 is 1.32 bits per heavy atom. The van der Waals surface area contributed by atoms with Gasteiger partial charge in [-0.1, -0.05) is 35.0 Å². The van der Waals surface area contributed by atoms with E-state index in [0.29, 0.717) is 24.8 Å². The zero-order valence-corrected chi connectivity index (χ0v) is 16.4. The first kappa shape index (κ1) is 17.8. The van der Waals surface area contributed by atoms with Crippen LogP contribution in [0.25, 0.3) is 21.3 Å². The van der Waals surface area contributed by atoms with Crippen molar-refractivity contribution < 1.29 is 0 Å². The molecular weight excluding hydrogens is 398 g/mol. The number of aromatic nitrogens is 2. The maximum absolute atomic E-state index is 13.2. The molecule has 0 radical (unpaired) electrons. The van der Waals surface area contributed by atoms with Crippen molar-refractivity contribution in [1.29, 1.82) is 5.26 Å². The predicted molar refractivity (Wildman–Crippen MR) is 106 cm³/mol. The molecule has 0 atom stereocenters. The van der Waals surface area contributed by atoms with Gasteiger partial charge in [-0.3, -0.25) is 9.36 Å². The fourth-order valence-corrected chi connectivity index (χ4v) is 4.09. The third kappa shape index (κ3) is 3.68. The minimum atomic E-state index is 0.00515. The summed E-state index contributed by atoms with van der Waals surface area (Å²) in [6, 6.07) is 10.1. The smallest absolute Gasteiger partial charge is 0.262 e. The number of hydrogen-bond acceptors (Lipinski definition) is 4. The first-order chi connectivity index (χ1) is 12.2. The minimum absolute atomic E-state index is 0.00515. The van der Waals surface area contributed by atoms with Gasteiger partial charge in [-0.15, -0.1) is 11.3 Å². The van der Waals surface area contributed by atoms with Crippen molar-refractivity contribution in [1.82, 2.24) is 9.55 Å². The molecule has 0 bridgehead atoms. The van der Waals surface area contributed by atoms with Gasteiger partial charge in [-0.25, -0.2) is 4.98 Å². The van der Waals surface area contributed by atoms with E-state index in [4.69, 9.17) is 10.2 Å². The zero-order chi connectivity index (χ0) is 17.8. The second-order valence-electron chi connectivity index (χ2n) is 5.83. The van der Waals surface area contributed by atoms with Gasteiger partial charge in [0.05, 0.1) is 11.5 Å². The molecule has 3 rings (SSSR count). The molecule has 6 heteroatoms. The van der Waals surface area contributed by atoms with Crippen LogP contribution in [0.1, 0.15) is 32.0 Å². The van der Waals surface area contributed by atoms with E-state index >= 15 is 0 Å². The van der Waals surface area contributed by atoms with Crippen LogP contribution >= 0.6 is 27.3 Å². The van der Waals surface area contributed by atoms with E-state index < -0.39 is 0 Å². The molecule has 0 amide bonds. The lowest BCUT2D eigenvalue weighted by Crippen LogP contribution is -2.25. The summed E-state index contributed by atoms with van der Waals surface area (Å²) in [4.78, 5) is 18.7. The van der Waals surface area contributed by atoms with E-state index in [1.54, 1.807) is 4.57 Å². The molecule has 0 aliphatic rings. The Balaban J connectivity index is 2.16. The lowest BCUT2D eigenvalue weighted by Gasteiger charge is -2.11. The van der Waals surface area contributed by atoms with Gasteiger partial charge in [0.1, 0.15) is 10.7 Å². The fraction of sp³-hybridized carbons (Fsp3) is 0.316. The highest BCUT2D eigenvalue weighted by Crippen LogP contribution is 2.31. The number of nitrogens with zero attached hydrogens (tertiary/aromatic N) is 3. The molecule has 2 heterocycles. The number of hydrogen-bond donors (Lipinski definition) is 0. The Morgan fingerprint density at radius 3 is 2.76 bits per heavy atom. The molecule has 0 unspecified atom stereocenters. The lowest BCUT2D eigenvalue weighted by atomic mass is 10.1. The van der Waals surface area contributed by atoms with Crippen molar-refractivity contribution in [2.45, 2.75) is 39.2 Å². The summed E-state index contributed by atoms with van der Waals surface area (Å²) in [6.07, 6.45) is 2.81. The van der Waals surface area contributed by atoms with E-state index in [0.717, 1.165) is 39.1 Å². The summed E-state index contributed by atoms with van der Waals surface area (Å²) in [5.74, 6) is 0.821. The summed E-state index contributed by atoms with van der Waals surface area (Å²) in [7, 11) is 0. The van der Waals surface area contributed by atoms with Crippen LogP contribution in [0.4, 0.5) is 0 Å². The Morgan fingerprint density at radius 2 is 2.08 bits per heavy atom. The molecule has 0 spiro atoms. The van der Waals surface area contributed by atoms with Crippen LogP contribution in [-0.4, -0.2) is 9.55 Å². The average Bonchev–Trinajstić information content (AvgIpc) is 3.03. The molecule has 0 saturated carbocycles. The van der Waals surface area contributed by atoms with Crippen molar-refractivity contribution in [3.05, 3.63) is 50.3 Å². The molecule has 0 N–H and O–H groups in total. The van der Waals surface area contributed by atoms with Crippen LogP contribution in [0.2, 0.25) is 0 Å². The molecule has 1 aromatic carbocycles. The van der Waals surface area contributed by atoms with Crippen LogP contribution in [0.3, 0.4) is 0 Å². The summed E-state index contributed by atoms with van der Waals surface area (Å²) in [5, 5.41) is 11.5. The van der Waals surface area contributed by atoms with Crippen molar-refractivity contribution in [3.8, 4) is 17.2 Å². The largest absolute Gasteiger partial charge is 0.296 e. The Kier molecular flexibility index (Phi) is 5.67. The molecule has 0 fully saturated rings. The average molecular weight is 416 g/mol. The van der Waals surface area contributed by atoms with E-state index in [1.165, 1.54) is 11.3 Å². The molecule has 25 heavy (non-hydrogen) atoms. The second-order valence-corrected chi connectivity index (χ2v) is 7.61. The van der Waals surface area contributed by atoms with Crippen molar-refractivity contribution in [2.75, 3.05) is 0 Å². The van der Waals surface area contributed by atoms with Gasteiger partial charge in [0, 0.05) is 34.8 Å². The number of thiophene rings is 1. The molecule has 4 nitrogen and oxygen atoms in total. The summed E-state index contributed by atoms with van der Waals surface area (Å²) < 4.78 is 2.77. The highest BCUT2D eigenvalue weighted by atomic mass is 79.9. The molecule has 3 aromatic rings. The maximum atomic E-state index is 13.2. The third-order valence-corrected chi connectivity index (χ3v) is 5.47. The maximum Gasteiger partial charge on any atom is 0.262 e.